The third-order valence-corrected chi connectivity index (χ3v) is 5.73. The van der Waals surface area contributed by atoms with E-state index in [2.05, 4.69) is 67.7 Å². The van der Waals surface area contributed by atoms with E-state index in [-0.39, 0.29) is 12.1 Å². The molecule has 0 unspecified atom stereocenters. The van der Waals surface area contributed by atoms with Crippen LogP contribution in [-0.2, 0) is 0 Å². The molecule has 1 aliphatic heterocycles. The predicted molar refractivity (Wildman–Crippen MR) is 124 cm³/mol. The molecule has 7 heteroatoms. The Hall–Kier alpha value is -2.67. The molecule has 0 radical (unpaired) electrons. The average molecular weight is 423 g/mol. The summed E-state index contributed by atoms with van der Waals surface area (Å²) in [5.74, 6) is 1.51. The number of hydrogen-bond acceptors (Lipinski definition) is 6. The van der Waals surface area contributed by atoms with Gasteiger partial charge in [-0.3, -0.25) is 0 Å². The van der Waals surface area contributed by atoms with Gasteiger partial charge in [0.2, 0.25) is 5.95 Å². The highest BCUT2D eigenvalue weighted by Crippen LogP contribution is 2.28. The molecule has 2 atom stereocenters. The molecule has 3 heterocycles. The average Bonchev–Trinajstić information content (AvgIpc) is 3.19. The van der Waals surface area contributed by atoms with Crippen molar-refractivity contribution in [1.82, 2.24) is 24.9 Å². The molecule has 1 fully saturated rings. The highest BCUT2D eigenvalue weighted by molar-refractivity contribution is 5.53. The number of piperidine rings is 1. The van der Waals surface area contributed by atoms with Gasteiger partial charge in [-0.1, -0.05) is 58.0 Å². The number of rotatable bonds is 8. The van der Waals surface area contributed by atoms with Crippen molar-refractivity contribution in [2.24, 2.45) is 5.92 Å². The number of anilines is 1. The second-order valence-electron chi connectivity index (χ2n) is 9.14. The van der Waals surface area contributed by atoms with Crippen LogP contribution in [-0.4, -0.2) is 38.8 Å². The quantitative estimate of drug-likeness (QED) is 0.553. The SMILES string of the molecule is CC(C)C[C@H](Nc1nc(O[C@@H]2CCCNC2)nc2c(C(C)C)cnn12)c1ccccc1. The van der Waals surface area contributed by atoms with Gasteiger partial charge in [0.15, 0.2) is 5.65 Å². The summed E-state index contributed by atoms with van der Waals surface area (Å²) in [4.78, 5) is 9.52. The Morgan fingerprint density at radius 2 is 1.97 bits per heavy atom. The number of nitrogens with one attached hydrogen (secondary N) is 2. The number of hydrogen-bond donors (Lipinski definition) is 2. The van der Waals surface area contributed by atoms with E-state index >= 15 is 0 Å². The lowest BCUT2D eigenvalue weighted by Crippen LogP contribution is -2.37. The molecule has 0 bridgehead atoms. The van der Waals surface area contributed by atoms with Gasteiger partial charge in [0.1, 0.15) is 6.10 Å². The molecule has 4 rings (SSSR count). The molecule has 31 heavy (non-hydrogen) atoms. The minimum absolute atomic E-state index is 0.0926. The van der Waals surface area contributed by atoms with E-state index in [4.69, 9.17) is 14.7 Å². The molecule has 7 nitrogen and oxygen atoms in total. The number of nitrogens with zero attached hydrogens (tertiary/aromatic N) is 4. The topological polar surface area (TPSA) is 76.4 Å². The second kappa shape index (κ2) is 9.64. The van der Waals surface area contributed by atoms with Gasteiger partial charge < -0.3 is 15.4 Å². The summed E-state index contributed by atoms with van der Waals surface area (Å²) in [5.41, 5.74) is 3.14. The third-order valence-electron chi connectivity index (χ3n) is 5.73. The molecule has 1 saturated heterocycles. The van der Waals surface area contributed by atoms with Crippen molar-refractivity contribution in [1.29, 1.82) is 0 Å². The number of aromatic nitrogens is 4. The van der Waals surface area contributed by atoms with Crippen molar-refractivity contribution >= 4 is 11.6 Å². The second-order valence-corrected chi connectivity index (χ2v) is 9.14. The molecule has 0 amide bonds. The minimum atomic E-state index is 0.0926. The number of fused-ring (bicyclic) bond motifs is 1. The first-order valence-electron chi connectivity index (χ1n) is 11.5. The fraction of sp³-hybridized carbons (Fsp3) is 0.542. The molecular weight excluding hydrogens is 388 g/mol. The first-order valence-corrected chi connectivity index (χ1v) is 11.5. The summed E-state index contributed by atoms with van der Waals surface area (Å²) >= 11 is 0. The summed E-state index contributed by atoms with van der Waals surface area (Å²) in [6.45, 7) is 10.7. The van der Waals surface area contributed by atoms with Crippen molar-refractivity contribution in [3.63, 3.8) is 0 Å². The van der Waals surface area contributed by atoms with Gasteiger partial charge in [-0.05, 0) is 43.2 Å². The van der Waals surface area contributed by atoms with Crippen LogP contribution in [0.3, 0.4) is 0 Å². The molecule has 2 aromatic heterocycles. The monoisotopic (exact) mass is 422 g/mol. The highest BCUT2D eigenvalue weighted by Gasteiger charge is 2.22. The fourth-order valence-corrected chi connectivity index (χ4v) is 4.09. The van der Waals surface area contributed by atoms with Gasteiger partial charge in [-0.15, -0.1) is 0 Å². The lowest BCUT2D eigenvalue weighted by molar-refractivity contribution is 0.153. The van der Waals surface area contributed by atoms with Crippen LogP contribution in [0.1, 0.15) is 70.0 Å². The molecule has 0 saturated carbocycles. The van der Waals surface area contributed by atoms with Crippen molar-refractivity contribution in [3.05, 3.63) is 47.7 Å². The van der Waals surface area contributed by atoms with Gasteiger partial charge in [-0.25, -0.2) is 0 Å². The van der Waals surface area contributed by atoms with E-state index in [0.717, 1.165) is 43.6 Å². The molecule has 3 aromatic rings. The standard InChI is InChI=1S/C24H34N6O/c1-16(2)13-21(18-9-6-5-7-10-18)27-23-29-24(31-19-11-8-12-25-14-19)28-22-20(17(3)4)15-26-30(22)23/h5-7,9-10,15-17,19,21,25H,8,11-14H2,1-4H3,(H,27,28,29)/t19-,21+/m1/s1. The highest BCUT2D eigenvalue weighted by atomic mass is 16.5. The molecule has 1 aliphatic rings. The predicted octanol–water partition coefficient (Wildman–Crippen LogP) is 4.58. The first-order chi connectivity index (χ1) is 15.0. The number of benzene rings is 1. The lowest BCUT2D eigenvalue weighted by atomic mass is 9.97. The molecule has 1 aromatic carbocycles. The fourth-order valence-electron chi connectivity index (χ4n) is 4.09. The zero-order valence-corrected chi connectivity index (χ0v) is 19.0. The summed E-state index contributed by atoms with van der Waals surface area (Å²) in [6.07, 6.45) is 5.09. The maximum absolute atomic E-state index is 6.21. The van der Waals surface area contributed by atoms with Crippen LogP contribution >= 0.6 is 0 Å². The van der Waals surface area contributed by atoms with Crippen LogP contribution < -0.4 is 15.4 Å². The molecular formula is C24H34N6O. The summed E-state index contributed by atoms with van der Waals surface area (Å²) in [5, 5.41) is 11.7. The van der Waals surface area contributed by atoms with Gasteiger partial charge in [0, 0.05) is 12.1 Å². The van der Waals surface area contributed by atoms with Crippen molar-refractivity contribution in [2.45, 2.75) is 65.0 Å². The van der Waals surface area contributed by atoms with E-state index in [1.165, 1.54) is 5.56 Å². The van der Waals surface area contributed by atoms with Gasteiger partial charge in [0.25, 0.3) is 0 Å². The minimum Gasteiger partial charge on any atom is -0.459 e. The Bertz CT molecular complexity index is 978. The van der Waals surface area contributed by atoms with Gasteiger partial charge in [0.05, 0.1) is 12.2 Å². The molecule has 166 valence electrons. The zero-order valence-electron chi connectivity index (χ0n) is 19.0. The van der Waals surface area contributed by atoms with Crippen LogP contribution in [0.25, 0.3) is 5.65 Å². The van der Waals surface area contributed by atoms with Crippen molar-refractivity contribution < 1.29 is 4.74 Å². The van der Waals surface area contributed by atoms with E-state index in [1.54, 1.807) is 0 Å². The maximum atomic E-state index is 6.21. The van der Waals surface area contributed by atoms with E-state index in [9.17, 15) is 0 Å². The largest absolute Gasteiger partial charge is 0.459 e. The molecule has 0 aliphatic carbocycles. The molecule has 2 N–H and O–H groups in total. The van der Waals surface area contributed by atoms with Crippen LogP contribution in [0.4, 0.5) is 5.95 Å². The Kier molecular flexibility index (Phi) is 6.70. The maximum Gasteiger partial charge on any atom is 0.322 e. The third kappa shape index (κ3) is 5.15. The van der Waals surface area contributed by atoms with E-state index in [0.29, 0.717) is 23.8 Å². The van der Waals surface area contributed by atoms with Crippen LogP contribution in [0.2, 0.25) is 0 Å². The van der Waals surface area contributed by atoms with Gasteiger partial charge >= 0.3 is 6.01 Å². The Balaban J connectivity index is 1.71. The van der Waals surface area contributed by atoms with Crippen molar-refractivity contribution in [2.75, 3.05) is 18.4 Å². The van der Waals surface area contributed by atoms with Crippen molar-refractivity contribution in [3.8, 4) is 6.01 Å². The smallest absolute Gasteiger partial charge is 0.322 e. The lowest BCUT2D eigenvalue weighted by Gasteiger charge is -2.24. The Morgan fingerprint density at radius 1 is 1.16 bits per heavy atom. The Labute approximate surface area is 184 Å². The van der Waals surface area contributed by atoms with Crippen LogP contribution in [0.5, 0.6) is 6.01 Å². The zero-order chi connectivity index (χ0) is 21.8. The van der Waals surface area contributed by atoms with E-state index < -0.39 is 0 Å². The van der Waals surface area contributed by atoms with E-state index in [1.807, 2.05) is 16.8 Å². The van der Waals surface area contributed by atoms with Gasteiger partial charge in [-0.2, -0.15) is 19.6 Å². The van der Waals surface area contributed by atoms with Crippen LogP contribution in [0, 0.1) is 5.92 Å². The summed E-state index contributed by atoms with van der Waals surface area (Å²) < 4.78 is 8.03. The van der Waals surface area contributed by atoms with Crippen LogP contribution in [0.15, 0.2) is 36.5 Å². The molecule has 0 spiro atoms. The first kappa shape index (κ1) is 21.6. The summed E-state index contributed by atoms with van der Waals surface area (Å²) in [7, 11) is 0. The summed E-state index contributed by atoms with van der Waals surface area (Å²) in [6, 6.07) is 11.1. The number of ether oxygens (including phenoxy) is 1. The normalized spacial score (nSPS) is 17.9. The Morgan fingerprint density at radius 3 is 2.65 bits per heavy atom.